The van der Waals surface area contributed by atoms with E-state index in [2.05, 4.69) is 5.32 Å². The van der Waals surface area contributed by atoms with Crippen molar-refractivity contribution in [1.82, 2.24) is 0 Å². The van der Waals surface area contributed by atoms with Gasteiger partial charge in [-0.2, -0.15) is 0 Å². The first kappa shape index (κ1) is 29.1. The molecule has 7 heteroatoms. The van der Waals surface area contributed by atoms with Crippen molar-refractivity contribution in [3.63, 3.8) is 0 Å². The third-order valence-corrected chi connectivity index (χ3v) is 6.61. The quantitative estimate of drug-likeness (QED) is 0.196. The lowest BCUT2D eigenvalue weighted by atomic mass is 10.00. The molecule has 0 spiro atoms. The molecule has 7 nitrogen and oxygen atoms in total. The number of aliphatic carboxylic acids is 1. The summed E-state index contributed by atoms with van der Waals surface area (Å²) in [6, 6.07) is 31.6. The summed E-state index contributed by atoms with van der Waals surface area (Å²) in [5, 5.41) is 13.0. The van der Waals surface area contributed by atoms with Crippen LogP contribution in [-0.2, 0) is 16.0 Å². The van der Waals surface area contributed by atoms with Crippen LogP contribution in [0.25, 0.3) is 0 Å². The zero-order chi connectivity index (χ0) is 29.2. The lowest BCUT2D eigenvalue weighted by Crippen LogP contribution is -2.37. The van der Waals surface area contributed by atoms with Crippen molar-refractivity contribution in [2.75, 3.05) is 23.4 Å². The van der Waals surface area contributed by atoms with Gasteiger partial charge in [-0.1, -0.05) is 86.6 Å². The van der Waals surface area contributed by atoms with E-state index in [0.717, 1.165) is 11.3 Å². The van der Waals surface area contributed by atoms with Crippen LogP contribution in [0.1, 0.15) is 35.3 Å². The molecular formula is C34H34N2O5. The molecule has 0 bridgehead atoms. The van der Waals surface area contributed by atoms with Gasteiger partial charge in [0.2, 0.25) is 5.91 Å². The number of anilines is 2. The van der Waals surface area contributed by atoms with Crippen molar-refractivity contribution in [2.24, 2.45) is 5.92 Å². The molecule has 1 atom stereocenters. The Morgan fingerprint density at radius 1 is 0.805 bits per heavy atom. The average molecular weight is 551 g/mol. The molecule has 0 aliphatic rings. The van der Waals surface area contributed by atoms with Crippen LogP contribution in [0.2, 0.25) is 0 Å². The molecule has 0 saturated carbocycles. The second-order valence-corrected chi connectivity index (χ2v) is 9.95. The third-order valence-electron chi connectivity index (χ3n) is 6.61. The monoisotopic (exact) mass is 550 g/mol. The van der Waals surface area contributed by atoms with Crippen molar-refractivity contribution in [3.8, 4) is 5.75 Å². The van der Waals surface area contributed by atoms with Crippen molar-refractivity contribution < 1.29 is 24.2 Å². The molecular weight excluding hydrogens is 516 g/mol. The number of carboxylic acids is 1. The number of hydrogen-bond donors (Lipinski definition) is 2. The van der Waals surface area contributed by atoms with Gasteiger partial charge in [-0.15, -0.1) is 0 Å². The molecule has 0 aliphatic heterocycles. The first-order chi connectivity index (χ1) is 19.8. The largest absolute Gasteiger partial charge is 0.492 e. The minimum absolute atomic E-state index is 0.0226. The highest BCUT2D eigenvalue weighted by atomic mass is 16.5. The fraction of sp³-hybridized carbons (Fsp3) is 0.206. The summed E-state index contributed by atoms with van der Waals surface area (Å²) in [6.45, 7) is 4.45. The number of carbonyl (C=O) groups excluding carboxylic acids is 2. The summed E-state index contributed by atoms with van der Waals surface area (Å²) in [5.74, 6) is -0.705. The maximum absolute atomic E-state index is 13.1. The molecule has 210 valence electrons. The van der Waals surface area contributed by atoms with Crippen LogP contribution in [0, 0.1) is 5.92 Å². The molecule has 4 aromatic rings. The molecule has 0 unspecified atom stereocenters. The number of nitrogens with one attached hydrogen (secondary N) is 1. The molecule has 0 radical (unpaired) electrons. The molecule has 0 aliphatic carbocycles. The number of ketones is 1. The van der Waals surface area contributed by atoms with Gasteiger partial charge >= 0.3 is 5.97 Å². The van der Waals surface area contributed by atoms with E-state index >= 15 is 0 Å². The minimum Gasteiger partial charge on any atom is -0.492 e. The Morgan fingerprint density at radius 2 is 1.41 bits per heavy atom. The second kappa shape index (κ2) is 13.9. The number of carboxylic acid groups (broad SMARTS) is 1. The first-order valence-electron chi connectivity index (χ1n) is 13.6. The number of amides is 1. The molecule has 0 heterocycles. The Morgan fingerprint density at radius 3 is 2.05 bits per heavy atom. The topological polar surface area (TPSA) is 95.9 Å². The molecule has 41 heavy (non-hydrogen) atoms. The highest BCUT2D eigenvalue weighted by Crippen LogP contribution is 2.22. The smallest absolute Gasteiger partial charge is 0.326 e. The van der Waals surface area contributed by atoms with Crippen molar-refractivity contribution in [1.29, 1.82) is 0 Å². The maximum atomic E-state index is 13.1. The fourth-order valence-corrected chi connectivity index (χ4v) is 4.44. The highest BCUT2D eigenvalue weighted by Gasteiger charge is 2.22. The first-order valence-corrected chi connectivity index (χ1v) is 13.6. The zero-order valence-corrected chi connectivity index (χ0v) is 23.2. The van der Waals surface area contributed by atoms with Gasteiger partial charge in [0.1, 0.15) is 18.4 Å². The van der Waals surface area contributed by atoms with Gasteiger partial charge in [-0.25, -0.2) is 4.79 Å². The molecule has 4 aromatic carbocycles. The van der Waals surface area contributed by atoms with Crippen molar-refractivity contribution >= 4 is 29.0 Å². The van der Waals surface area contributed by atoms with Crippen molar-refractivity contribution in [3.05, 3.63) is 126 Å². The predicted octanol–water partition coefficient (Wildman–Crippen LogP) is 6.09. The normalized spacial score (nSPS) is 11.5. The van der Waals surface area contributed by atoms with Gasteiger partial charge in [0.25, 0.3) is 0 Å². The van der Waals surface area contributed by atoms with Crippen molar-refractivity contribution in [2.45, 2.75) is 26.3 Å². The Kier molecular flexibility index (Phi) is 9.89. The van der Waals surface area contributed by atoms with Gasteiger partial charge in [0, 0.05) is 34.8 Å². The van der Waals surface area contributed by atoms with Crippen LogP contribution in [0.4, 0.5) is 11.4 Å². The second-order valence-electron chi connectivity index (χ2n) is 9.95. The molecule has 0 saturated heterocycles. The molecule has 0 fully saturated rings. The van der Waals surface area contributed by atoms with Crippen LogP contribution in [0.15, 0.2) is 109 Å². The maximum Gasteiger partial charge on any atom is 0.326 e. The van der Waals surface area contributed by atoms with Crippen LogP contribution in [0.5, 0.6) is 5.75 Å². The Balaban J connectivity index is 1.39. The minimum atomic E-state index is -1.02. The van der Waals surface area contributed by atoms with E-state index in [4.69, 9.17) is 4.74 Å². The van der Waals surface area contributed by atoms with Gasteiger partial charge in [0.05, 0.1) is 6.54 Å². The van der Waals surface area contributed by atoms with E-state index in [1.807, 2.05) is 62.4 Å². The van der Waals surface area contributed by atoms with Crippen LogP contribution in [-0.4, -0.2) is 42.0 Å². The molecule has 1 amide bonds. The number of ether oxygens (including phenoxy) is 1. The van der Waals surface area contributed by atoms with Crippen LogP contribution >= 0.6 is 0 Å². The average Bonchev–Trinajstić information content (AvgIpc) is 3.00. The number of rotatable bonds is 13. The van der Waals surface area contributed by atoms with E-state index in [9.17, 15) is 19.5 Å². The summed E-state index contributed by atoms with van der Waals surface area (Å²) in [4.78, 5) is 39.7. The number of para-hydroxylation sites is 2. The van der Waals surface area contributed by atoms with Crippen LogP contribution < -0.4 is 15.0 Å². The summed E-state index contributed by atoms with van der Waals surface area (Å²) in [5.41, 5.74) is 3.03. The number of hydrogen-bond acceptors (Lipinski definition) is 5. The van der Waals surface area contributed by atoms with E-state index < -0.39 is 12.0 Å². The van der Waals surface area contributed by atoms with E-state index in [1.165, 1.54) is 0 Å². The Bertz CT molecular complexity index is 1450. The summed E-state index contributed by atoms with van der Waals surface area (Å²) in [7, 11) is 0. The van der Waals surface area contributed by atoms with E-state index in [1.54, 1.807) is 65.6 Å². The van der Waals surface area contributed by atoms with Crippen LogP contribution in [0.3, 0.4) is 0 Å². The highest BCUT2D eigenvalue weighted by molar-refractivity contribution is 6.12. The Hall–Kier alpha value is -4.91. The standard InChI is InChI=1S/C34H34N2O5/c1-24(2)33(38)36(27-13-7-4-8-14-27)21-22-41-28-19-17-25(18-20-28)23-31(34(39)40)35-30-16-10-9-15-29(30)32(37)26-11-5-3-6-12-26/h3-20,24,31,35H,21-23H2,1-2H3,(H,39,40)/t31-/m0/s1. The lowest BCUT2D eigenvalue weighted by molar-refractivity contribution is -0.137. The molecule has 4 rings (SSSR count). The number of carbonyl (C=O) groups is 3. The third kappa shape index (κ3) is 7.82. The van der Waals surface area contributed by atoms with Gasteiger partial charge in [-0.05, 0) is 42.0 Å². The fourth-order valence-electron chi connectivity index (χ4n) is 4.44. The van der Waals surface area contributed by atoms with Gasteiger partial charge < -0.3 is 20.1 Å². The summed E-state index contributed by atoms with van der Waals surface area (Å²) < 4.78 is 5.91. The molecule has 2 N–H and O–H groups in total. The summed E-state index contributed by atoms with van der Waals surface area (Å²) in [6.07, 6.45) is 0.203. The van der Waals surface area contributed by atoms with Gasteiger partial charge in [0.15, 0.2) is 5.78 Å². The lowest BCUT2D eigenvalue weighted by Gasteiger charge is -2.24. The van der Waals surface area contributed by atoms with E-state index in [0.29, 0.717) is 35.7 Å². The van der Waals surface area contributed by atoms with Gasteiger partial charge in [-0.3, -0.25) is 9.59 Å². The number of benzene rings is 4. The SMILES string of the molecule is CC(C)C(=O)N(CCOc1ccc(C[C@H](Nc2ccccc2C(=O)c2ccccc2)C(=O)O)cc1)c1ccccc1. The zero-order valence-electron chi connectivity index (χ0n) is 23.2. The number of nitrogens with zero attached hydrogens (tertiary/aromatic N) is 1. The summed E-state index contributed by atoms with van der Waals surface area (Å²) >= 11 is 0. The van der Waals surface area contributed by atoms with E-state index in [-0.39, 0.29) is 24.0 Å². The molecule has 0 aromatic heterocycles. The predicted molar refractivity (Wildman–Crippen MR) is 161 cm³/mol. The Labute approximate surface area is 240 Å².